The summed E-state index contributed by atoms with van der Waals surface area (Å²) in [5, 5.41) is 19.1. The van der Waals surface area contributed by atoms with E-state index in [1.54, 1.807) is 31.4 Å². The Kier molecular flexibility index (Phi) is 4.55. The lowest BCUT2D eigenvalue weighted by molar-refractivity contribution is 0.407. The Balaban J connectivity index is 1.59. The highest BCUT2D eigenvalue weighted by Gasteiger charge is 2.23. The lowest BCUT2D eigenvalue weighted by atomic mass is 10.0. The normalized spacial score (nSPS) is 19.5. The second-order valence-corrected chi connectivity index (χ2v) is 8.40. The lowest BCUT2D eigenvalue weighted by Crippen LogP contribution is -2.54. The molecule has 0 radical (unpaired) electrons. The van der Waals surface area contributed by atoms with Crippen LogP contribution >= 0.6 is 0 Å². The van der Waals surface area contributed by atoms with Crippen LogP contribution in [0.25, 0.3) is 33.1 Å². The minimum Gasteiger partial charge on any atom is -0.504 e. The summed E-state index contributed by atoms with van der Waals surface area (Å²) in [6, 6.07) is 9.07. The van der Waals surface area contributed by atoms with E-state index in [1.807, 2.05) is 6.07 Å². The van der Waals surface area contributed by atoms with Gasteiger partial charge in [0.1, 0.15) is 11.0 Å². The summed E-state index contributed by atoms with van der Waals surface area (Å²) < 4.78 is 31.2. The molecule has 2 atom stereocenters. The minimum atomic E-state index is -0.812. The number of fused-ring (bicyclic) bond motifs is 2. The van der Waals surface area contributed by atoms with Crippen molar-refractivity contribution in [2.75, 3.05) is 18.0 Å². The predicted molar refractivity (Wildman–Crippen MR) is 117 cm³/mol. The Hall–Kier alpha value is -3.26. The maximum atomic E-state index is 15.1. The van der Waals surface area contributed by atoms with Crippen LogP contribution in [0, 0.1) is 11.6 Å². The molecule has 0 amide bonds. The number of aromatic hydroxyl groups is 1. The minimum absolute atomic E-state index is 0.0832. The fraction of sp³-hybridized carbons (Fsp3) is 0.304. The van der Waals surface area contributed by atoms with E-state index in [-0.39, 0.29) is 16.6 Å². The predicted octanol–water partition coefficient (Wildman–Crippen LogP) is 3.96. The Morgan fingerprint density at radius 2 is 1.77 bits per heavy atom. The van der Waals surface area contributed by atoms with Crippen LogP contribution in [0.5, 0.6) is 5.75 Å². The molecule has 4 aromatic rings. The number of benzene rings is 2. The number of halogens is 2. The first-order chi connectivity index (χ1) is 14.8. The van der Waals surface area contributed by atoms with E-state index in [1.165, 1.54) is 10.7 Å². The molecule has 6 nitrogen and oxygen atoms in total. The summed E-state index contributed by atoms with van der Waals surface area (Å²) in [6.07, 6.45) is 1.66. The number of hydrogen-bond donors (Lipinski definition) is 2. The molecule has 0 saturated carbocycles. The highest BCUT2D eigenvalue weighted by Crippen LogP contribution is 2.36. The van der Waals surface area contributed by atoms with Gasteiger partial charge in [-0.3, -0.25) is 4.68 Å². The zero-order valence-electron chi connectivity index (χ0n) is 17.5. The molecular weight excluding hydrogens is 400 g/mol. The van der Waals surface area contributed by atoms with E-state index in [0.717, 1.165) is 18.8 Å². The number of phenols is 1. The number of rotatable bonds is 2. The molecule has 2 aromatic carbocycles. The van der Waals surface area contributed by atoms with E-state index in [2.05, 4.69) is 34.1 Å². The number of nitrogens with one attached hydrogen (secondary N) is 1. The molecule has 8 heteroatoms. The molecule has 1 aliphatic rings. The van der Waals surface area contributed by atoms with Gasteiger partial charge in [0.05, 0.1) is 5.69 Å². The van der Waals surface area contributed by atoms with Gasteiger partial charge in [-0.05, 0) is 38.1 Å². The highest BCUT2D eigenvalue weighted by molar-refractivity contribution is 5.90. The number of nitrogens with zero attached hydrogens (tertiary/aromatic N) is 4. The first-order valence-electron chi connectivity index (χ1n) is 10.3. The largest absolute Gasteiger partial charge is 0.504 e. The molecule has 5 rings (SSSR count). The van der Waals surface area contributed by atoms with Crippen LogP contribution in [0.2, 0.25) is 0 Å². The fourth-order valence-electron chi connectivity index (χ4n) is 4.48. The number of pyridine rings is 1. The molecule has 0 bridgehead atoms. The summed E-state index contributed by atoms with van der Waals surface area (Å²) in [4.78, 5) is 6.58. The van der Waals surface area contributed by atoms with Crippen molar-refractivity contribution in [2.24, 2.45) is 7.05 Å². The van der Waals surface area contributed by atoms with E-state index < -0.39 is 17.4 Å². The van der Waals surface area contributed by atoms with Gasteiger partial charge in [0.2, 0.25) is 0 Å². The molecule has 31 heavy (non-hydrogen) atoms. The summed E-state index contributed by atoms with van der Waals surface area (Å²) in [5.74, 6) is -1.80. The first-order valence-corrected chi connectivity index (χ1v) is 10.3. The van der Waals surface area contributed by atoms with Gasteiger partial charge >= 0.3 is 0 Å². The van der Waals surface area contributed by atoms with Crippen LogP contribution in [0.3, 0.4) is 0 Å². The van der Waals surface area contributed by atoms with Crippen LogP contribution in [0.15, 0.2) is 36.5 Å². The molecule has 0 aliphatic carbocycles. The third-order valence-corrected chi connectivity index (χ3v) is 5.76. The van der Waals surface area contributed by atoms with E-state index in [4.69, 9.17) is 0 Å². The number of piperazine rings is 1. The second-order valence-electron chi connectivity index (χ2n) is 8.40. The summed E-state index contributed by atoms with van der Waals surface area (Å²) in [5.41, 5.74) is 1.58. The molecule has 1 saturated heterocycles. The average Bonchev–Trinajstić information content (AvgIpc) is 3.10. The van der Waals surface area contributed by atoms with Crippen LogP contribution in [-0.2, 0) is 7.05 Å². The Morgan fingerprint density at radius 1 is 1.03 bits per heavy atom. The van der Waals surface area contributed by atoms with Gasteiger partial charge in [-0.25, -0.2) is 13.8 Å². The van der Waals surface area contributed by atoms with Crippen LogP contribution in [-0.4, -0.2) is 45.0 Å². The van der Waals surface area contributed by atoms with Crippen molar-refractivity contribution in [3.63, 3.8) is 0 Å². The fourth-order valence-corrected chi connectivity index (χ4v) is 4.48. The maximum Gasteiger partial charge on any atom is 0.193 e. The van der Waals surface area contributed by atoms with Gasteiger partial charge in [-0.2, -0.15) is 5.10 Å². The Bertz CT molecular complexity index is 1310. The molecule has 2 N–H and O–H groups in total. The summed E-state index contributed by atoms with van der Waals surface area (Å²) in [7, 11) is 1.68. The highest BCUT2D eigenvalue weighted by atomic mass is 19.1. The Labute approximate surface area is 178 Å². The van der Waals surface area contributed by atoms with Gasteiger partial charge in [-0.1, -0.05) is 6.07 Å². The topological polar surface area (TPSA) is 66.2 Å². The van der Waals surface area contributed by atoms with Crippen molar-refractivity contribution in [1.29, 1.82) is 0 Å². The van der Waals surface area contributed by atoms with Crippen molar-refractivity contribution >= 4 is 27.5 Å². The second kappa shape index (κ2) is 7.16. The van der Waals surface area contributed by atoms with Gasteiger partial charge < -0.3 is 15.3 Å². The van der Waals surface area contributed by atoms with Gasteiger partial charge in [0, 0.05) is 60.4 Å². The van der Waals surface area contributed by atoms with Crippen molar-refractivity contribution in [1.82, 2.24) is 20.1 Å². The quantitative estimate of drug-likeness (QED) is 0.511. The smallest absolute Gasteiger partial charge is 0.193 e. The van der Waals surface area contributed by atoms with Crippen molar-refractivity contribution in [3.05, 3.63) is 48.2 Å². The molecule has 1 fully saturated rings. The molecule has 160 valence electrons. The zero-order chi connectivity index (χ0) is 21.9. The molecule has 1 aliphatic heterocycles. The number of anilines is 1. The number of aromatic nitrogens is 3. The van der Waals surface area contributed by atoms with Gasteiger partial charge in [-0.15, -0.1) is 0 Å². The number of phenolic OH excluding ortho intramolecular Hbond substituents is 1. The van der Waals surface area contributed by atoms with Crippen molar-refractivity contribution in [2.45, 2.75) is 25.9 Å². The van der Waals surface area contributed by atoms with Crippen LogP contribution < -0.4 is 10.2 Å². The molecular formula is C23H23F2N5O. The molecule has 3 heterocycles. The van der Waals surface area contributed by atoms with Crippen molar-refractivity contribution < 1.29 is 13.9 Å². The van der Waals surface area contributed by atoms with Gasteiger partial charge in [0.25, 0.3) is 0 Å². The summed E-state index contributed by atoms with van der Waals surface area (Å²) >= 11 is 0. The monoisotopic (exact) mass is 423 g/mol. The van der Waals surface area contributed by atoms with Crippen LogP contribution in [0.4, 0.5) is 14.5 Å². The molecule has 2 aromatic heterocycles. The van der Waals surface area contributed by atoms with E-state index >= 15 is 4.39 Å². The zero-order valence-corrected chi connectivity index (χ0v) is 17.5. The summed E-state index contributed by atoms with van der Waals surface area (Å²) in [6.45, 7) is 5.80. The average molecular weight is 423 g/mol. The van der Waals surface area contributed by atoms with E-state index in [0.29, 0.717) is 28.6 Å². The third kappa shape index (κ3) is 3.37. The maximum absolute atomic E-state index is 15.1. The van der Waals surface area contributed by atoms with Crippen molar-refractivity contribution in [3.8, 4) is 17.0 Å². The molecule has 0 unspecified atom stereocenters. The lowest BCUT2D eigenvalue weighted by Gasteiger charge is -2.37. The Morgan fingerprint density at radius 3 is 2.52 bits per heavy atom. The third-order valence-electron chi connectivity index (χ3n) is 5.76. The molecule has 0 spiro atoms. The van der Waals surface area contributed by atoms with Crippen LogP contribution in [0.1, 0.15) is 13.8 Å². The number of aryl methyl sites for hydroxylation is 1. The van der Waals surface area contributed by atoms with E-state index in [9.17, 15) is 9.50 Å². The standard InChI is InChI=1S/C23H23F2N5O/c1-12-9-30(10-13(2)26-12)16-6-14-4-5-19(27-21(14)18(24)8-16)17-7-15-11-29(3)28-22(15)20(25)23(17)31/h4-8,11-13,26,31H,9-10H2,1-3H3/t12-,13-/m0/s1. The first kappa shape index (κ1) is 19.7. The SMILES string of the molecule is C[C@H]1CN(c2cc(F)c3nc(-c4cc5cn(C)nc5c(F)c4O)ccc3c2)C[C@H](C)N1. The van der Waals surface area contributed by atoms with Gasteiger partial charge in [0.15, 0.2) is 17.4 Å². The number of hydrogen-bond acceptors (Lipinski definition) is 5.